The minimum absolute atomic E-state index is 0.162. The van der Waals surface area contributed by atoms with E-state index in [-0.39, 0.29) is 5.91 Å². The van der Waals surface area contributed by atoms with Crippen LogP contribution in [-0.2, 0) is 18.3 Å². The molecular formula is C18H24N4O. The minimum atomic E-state index is 0.162. The van der Waals surface area contributed by atoms with Crippen LogP contribution in [0, 0.1) is 5.92 Å². The molecule has 1 aromatic carbocycles. The third-order valence-electron chi connectivity index (χ3n) is 5.42. The van der Waals surface area contributed by atoms with Crippen LogP contribution in [-0.4, -0.2) is 34.3 Å². The van der Waals surface area contributed by atoms with E-state index in [1.165, 1.54) is 24.6 Å². The third-order valence-corrected chi connectivity index (χ3v) is 5.42. The molecular weight excluding hydrogens is 288 g/mol. The summed E-state index contributed by atoms with van der Waals surface area (Å²) in [6, 6.07) is 9.29. The summed E-state index contributed by atoms with van der Waals surface area (Å²) in [6.45, 7) is 0.653. The Morgan fingerprint density at radius 2 is 2.26 bits per heavy atom. The zero-order chi connectivity index (χ0) is 15.8. The number of rotatable bonds is 5. The van der Waals surface area contributed by atoms with Crippen LogP contribution in [0.5, 0.6) is 0 Å². The van der Waals surface area contributed by atoms with Crippen LogP contribution < -0.4 is 10.6 Å². The molecule has 23 heavy (non-hydrogen) atoms. The van der Waals surface area contributed by atoms with Crippen molar-refractivity contribution < 1.29 is 4.79 Å². The second-order valence-corrected chi connectivity index (χ2v) is 6.93. The van der Waals surface area contributed by atoms with Gasteiger partial charge >= 0.3 is 0 Å². The second-order valence-electron chi connectivity index (χ2n) is 6.93. The number of hydrogen-bond acceptors (Lipinski definition) is 3. The van der Waals surface area contributed by atoms with Gasteiger partial charge in [0.1, 0.15) is 0 Å². The van der Waals surface area contributed by atoms with Crippen LogP contribution in [0.3, 0.4) is 0 Å². The number of para-hydroxylation sites is 1. The zero-order valence-corrected chi connectivity index (χ0v) is 13.6. The average Bonchev–Trinajstić information content (AvgIpc) is 3.23. The van der Waals surface area contributed by atoms with Crippen molar-refractivity contribution in [2.24, 2.45) is 13.0 Å². The number of nitrogens with one attached hydrogen (secondary N) is 2. The Kier molecular flexibility index (Phi) is 3.81. The van der Waals surface area contributed by atoms with Gasteiger partial charge in [0.2, 0.25) is 5.91 Å². The Morgan fingerprint density at radius 3 is 3.04 bits per heavy atom. The number of aromatic nitrogens is 2. The first-order chi connectivity index (χ1) is 11.2. The first-order valence-corrected chi connectivity index (χ1v) is 8.64. The fraction of sp³-hybridized carbons (Fsp3) is 0.556. The monoisotopic (exact) mass is 312 g/mol. The lowest BCUT2D eigenvalue weighted by molar-refractivity contribution is -0.121. The number of carbonyl (C=O) groups excluding carboxylic acids is 1. The summed E-state index contributed by atoms with van der Waals surface area (Å²) in [7, 11) is 1.96. The van der Waals surface area contributed by atoms with Crippen LogP contribution in [0.15, 0.2) is 24.3 Å². The summed E-state index contributed by atoms with van der Waals surface area (Å²) >= 11 is 0. The van der Waals surface area contributed by atoms with Gasteiger partial charge in [-0.3, -0.25) is 9.48 Å². The van der Waals surface area contributed by atoms with Crippen LogP contribution in [0.1, 0.15) is 31.4 Å². The predicted octanol–water partition coefficient (Wildman–Crippen LogP) is 1.76. The van der Waals surface area contributed by atoms with Crippen molar-refractivity contribution in [2.75, 3.05) is 6.54 Å². The number of amides is 1. The van der Waals surface area contributed by atoms with Gasteiger partial charge in [-0.25, -0.2) is 0 Å². The molecule has 2 aromatic rings. The molecule has 2 aliphatic rings. The molecule has 122 valence electrons. The smallest absolute Gasteiger partial charge is 0.221 e. The van der Waals surface area contributed by atoms with Gasteiger partial charge in [0.05, 0.1) is 11.2 Å². The van der Waals surface area contributed by atoms with E-state index < -0.39 is 0 Å². The van der Waals surface area contributed by atoms with Crippen molar-refractivity contribution in [3.8, 4) is 0 Å². The lowest BCUT2D eigenvalue weighted by Crippen LogP contribution is -2.40. The number of nitrogens with zero attached hydrogens (tertiary/aromatic N) is 2. The second kappa shape index (κ2) is 5.96. The predicted molar refractivity (Wildman–Crippen MR) is 90.1 cm³/mol. The summed E-state index contributed by atoms with van der Waals surface area (Å²) in [5.41, 5.74) is 2.20. The highest BCUT2D eigenvalue weighted by Gasteiger charge is 2.39. The van der Waals surface area contributed by atoms with Crippen molar-refractivity contribution in [3.63, 3.8) is 0 Å². The first-order valence-electron chi connectivity index (χ1n) is 8.64. The van der Waals surface area contributed by atoms with Gasteiger partial charge in [-0.15, -0.1) is 0 Å². The minimum Gasteiger partial charge on any atom is -0.356 e. The van der Waals surface area contributed by atoms with E-state index in [9.17, 15) is 4.79 Å². The standard InChI is InChI=1S/C18H24N4O/c1-22-17-5-3-2-4-14(17)15(21-22)8-9-19-18(23)11-16-12-6-7-13(10-12)20-16/h2-5,12-13,16,20H,6-11H2,1H3,(H,19,23)/t12-,13+,16+/m0/s1. The van der Waals surface area contributed by atoms with Gasteiger partial charge in [0.15, 0.2) is 0 Å². The molecule has 2 heterocycles. The Hall–Kier alpha value is -1.88. The van der Waals surface area contributed by atoms with Crippen molar-refractivity contribution in [1.29, 1.82) is 0 Å². The molecule has 0 spiro atoms. The largest absolute Gasteiger partial charge is 0.356 e. The molecule has 1 aliphatic carbocycles. The van der Waals surface area contributed by atoms with E-state index in [2.05, 4.69) is 27.9 Å². The quantitative estimate of drug-likeness (QED) is 0.884. The maximum absolute atomic E-state index is 12.2. The maximum Gasteiger partial charge on any atom is 0.221 e. The highest BCUT2D eigenvalue weighted by Crippen LogP contribution is 2.36. The zero-order valence-electron chi connectivity index (χ0n) is 13.6. The molecule has 3 atom stereocenters. The molecule has 1 saturated heterocycles. The Labute approximate surface area is 136 Å². The van der Waals surface area contributed by atoms with Gasteiger partial charge in [0.25, 0.3) is 0 Å². The molecule has 0 unspecified atom stereocenters. The number of fused-ring (bicyclic) bond motifs is 3. The topological polar surface area (TPSA) is 59.0 Å². The van der Waals surface area contributed by atoms with E-state index in [0.717, 1.165) is 17.6 Å². The summed E-state index contributed by atoms with van der Waals surface area (Å²) < 4.78 is 1.91. The van der Waals surface area contributed by atoms with E-state index in [1.807, 2.05) is 23.9 Å². The summed E-state index contributed by atoms with van der Waals surface area (Å²) in [5.74, 6) is 0.876. The molecule has 2 fully saturated rings. The molecule has 1 amide bonds. The van der Waals surface area contributed by atoms with Gasteiger partial charge in [0, 0.05) is 43.9 Å². The molecule has 0 radical (unpaired) electrons. The van der Waals surface area contributed by atoms with Crippen molar-refractivity contribution in [1.82, 2.24) is 20.4 Å². The Balaban J connectivity index is 1.30. The van der Waals surface area contributed by atoms with E-state index in [0.29, 0.717) is 31.0 Å². The molecule has 1 saturated carbocycles. The van der Waals surface area contributed by atoms with Gasteiger partial charge in [-0.2, -0.15) is 5.10 Å². The molecule has 2 N–H and O–H groups in total. The number of aryl methyl sites for hydroxylation is 1. The lowest BCUT2D eigenvalue weighted by Gasteiger charge is -2.22. The van der Waals surface area contributed by atoms with Crippen LogP contribution in [0.2, 0.25) is 0 Å². The van der Waals surface area contributed by atoms with Gasteiger partial charge < -0.3 is 10.6 Å². The lowest BCUT2D eigenvalue weighted by atomic mass is 9.97. The molecule has 1 aliphatic heterocycles. The maximum atomic E-state index is 12.2. The molecule has 1 aromatic heterocycles. The van der Waals surface area contributed by atoms with Crippen LogP contribution in [0.25, 0.3) is 10.9 Å². The van der Waals surface area contributed by atoms with Crippen molar-refractivity contribution >= 4 is 16.8 Å². The molecule has 4 rings (SSSR count). The van der Waals surface area contributed by atoms with E-state index in [1.54, 1.807) is 0 Å². The van der Waals surface area contributed by atoms with Crippen molar-refractivity contribution in [2.45, 2.75) is 44.2 Å². The van der Waals surface area contributed by atoms with Gasteiger partial charge in [-0.05, 0) is 31.2 Å². The fourth-order valence-electron chi connectivity index (χ4n) is 4.26. The average molecular weight is 312 g/mol. The summed E-state index contributed by atoms with van der Waals surface area (Å²) in [4.78, 5) is 12.2. The first kappa shape index (κ1) is 14.7. The number of hydrogen-bond donors (Lipinski definition) is 2. The Morgan fingerprint density at radius 1 is 1.39 bits per heavy atom. The number of benzene rings is 1. The SMILES string of the molecule is Cn1nc(CCNC(=O)C[C@H]2N[C@@H]3CC[C@H]2C3)c2ccccc21. The van der Waals surface area contributed by atoms with E-state index in [4.69, 9.17) is 0 Å². The van der Waals surface area contributed by atoms with Crippen LogP contribution in [0.4, 0.5) is 0 Å². The van der Waals surface area contributed by atoms with E-state index >= 15 is 0 Å². The highest BCUT2D eigenvalue weighted by atomic mass is 16.1. The summed E-state index contributed by atoms with van der Waals surface area (Å²) in [5, 5.41) is 12.4. The summed E-state index contributed by atoms with van der Waals surface area (Å²) in [6.07, 6.45) is 5.23. The third kappa shape index (κ3) is 2.85. The highest BCUT2D eigenvalue weighted by molar-refractivity contribution is 5.82. The number of carbonyl (C=O) groups is 1. The number of piperidine rings is 1. The molecule has 2 bridgehead atoms. The normalized spacial score (nSPS) is 26.0. The van der Waals surface area contributed by atoms with Crippen LogP contribution >= 0.6 is 0 Å². The fourth-order valence-corrected chi connectivity index (χ4v) is 4.26. The molecule has 5 nitrogen and oxygen atoms in total. The van der Waals surface area contributed by atoms with Gasteiger partial charge in [-0.1, -0.05) is 18.2 Å². The molecule has 5 heteroatoms. The Bertz CT molecular complexity index is 723. The van der Waals surface area contributed by atoms with Crippen molar-refractivity contribution in [3.05, 3.63) is 30.0 Å².